The zero-order chi connectivity index (χ0) is 13.1. The molecule has 0 spiro atoms. The van der Waals surface area contributed by atoms with Crippen molar-refractivity contribution in [3.05, 3.63) is 11.9 Å². The van der Waals surface area contributed by atoms with Crippen molar-refractivity contribution in [3.63, 3.8) is 0 Å². The molecular weight excluding hydrogens is 250 g/mol. The molecule has 0 unspecified atom stereocenters. The molecular formula is C10H15N7S. The van der Waals surface area contributed by atoms with E-state index in [9.17, 15) is 0 Å². The van der Waals surface area contributed by atoms with E-state index in [1.807, 2.05) is 7.05 Å². The smallest absolute Gasteiger partial charge is 0.215 e. The van der Waals surface area contributed by atoms with Crippen LogP contribution in [0.2, 0.25) is 0 Å². The van der Waals surface area contributed by atoms with Gasteiger partial charge in [0.05, 0.1) is 0 Å². The molecule has 2 aromatic rings. The van der Waals surface area contributed by atoms with E-state index in [1.165, 1.54) is 11.8 Å². The Morgan fingerprint density at radius 3 is 2.67 bits per heavy atom. The van der Waals surface area contributed by atoms with E-state index in [0.29, 0.717) is 11.1 Å². The molecule has 8 heteroatoms. The number of rotatable bonds is 4. The van der Waals surface area contributed by atoms with Gasteiger partial charge in [-0.1, -0.05) is 13.8 Å². The molecule has 1 N–H and O–H groups in total. The summed E-state index contributed by atoms with van der Waals surface area (Å²) in [4.78, 5) is 8.56. The first-order chi connectivity index (χ1) is 8.63. The van der Waals surface area contributed by atoms with E-state index in [0.717, 1.165) is 16.4 Å². The lowest BCUT2D eigenvalue weighted by Gasteiger charge is -2.14. The van der Waals surface area contributed by atoms with E-state index in [-0.39, 0.29) is 0 Å². The Labute approximate surface area is 109 Å². The first kappa shape index (κ1) is 12.7. The summed E-state index contributed by atoms with van der Waals surface area (Å²) in [5, 5.41) is 16.0. The molecule has 0 fully saturated rings. The second-order valence-corrected chi connectivity index (χ2v) is 4.99. The summed E-state index contributed by atoms with van der Waals surface area (Å²) >= 11 is 1.44. The van der Waals surface area contributed by atoms with E-state index >= 15 is 0 Å². The molecule has 0 saturated carbocycles. The summed E-state index contributed by atoms with van der Waals surface area (Å²) < 4.78 is 1.62. The van der Waals surface area contributed by atoms with Gasteiger partial charge in [-0.25, -0.2) is 14.6 Å². The van der Waals surface area contributed by atoms with Gasteiger partial charge < -0.3 is 5.32 Å². The monoisotopic (exact) mass is 265 g/mol. The summed E-state index contributed by atoms with van der Waals surface area (Å²) in [7, 11) is 3.66. The van der Waals surface area contributed by atoms with Gasteiger partial charge in [0.2, 0.25) is 5.16 Å². The zero-order valence-electron chi connectivity index (χ0n) is 10.7. The highest BCUT2D eigenvalue weighted by molar-refractivity contribution is 7.99. The van der Waals surface area contributed by atoms with Crippen molar-refractivity contribution >= 4 is 17.6 Å². The normalized spacial score (nSPS) is 10.9. The summed E-state index contributed by atoms with van der Waals surface area (Å²) in [6.07, 6.45) is 1.55. The first-order valence-corrected chi connectivity index (χ1v) is 6.38. The van der Waals surface area contributed by atoms with Crippen molar-refractivity contribution in [2.45, 2.75) is 29.9 Å². The molecule has 0 aliphatic rings. The molecule has 2 rings (SSSR count). The van der Waals surface area contributed by atoms with Gasteiger partial charge in [0.1, 0.15) is 17.2 Å². The largest absolute Gasteiger partial charge is 0.373 e. The minimum absolute atomic E-state index is 0.317. The third-order valence-electron chi connectivity index (χ3n) is 2.43. The fourth-order valence-corrected chi connectivity index (χ4v) is 2.54. The number of hydrogen-bond acceptors (Lipinski definition) is 7. The van der Waals surface area contributed by atoms with Crippen LogP contribution in [-0.4, -0.2) is 37.2 Å². The lowest BCUT2D eigenvalue weighted by atomic mass is 10.1. The molecule has 0 radical (unpaired) electrons. The standard InChI is InChI=1S/C10H15N7S/c1-6(2)7-8(11-3)12-5-13-9(7)18-10-14-15-16-17(10)4/h5-6H,1-4H3,(H,11,12,13). The Morgan fingerprint density at radius 2 is 2.11 bits per heavy atom. The second kappa shape index (κ2) is 5.30. The molecule has 0 aromatic carbocycles. The zero-order valence-corrected chi connectivity index (χ0v) is 11.6. The Morgan fingerprint density at radius 1 is 1.33 bits per heavy atom. The third kappa shape index (κ3) is 2.42. The Kier molecular flexibility index (Phi) is 3.75. The molecule has 7 nitrogen and oxygen atoms in total. The fraction of sp³-hybridized carbons (Fsp3) is 0.500. The average molecular weight is 265 g/mol. The highest BCUT2D eigenvalue weighted by Crippen LogP contribution is 2.33. The maximum Gasteiger partial charge on any atom is 0.215 e. The van der Waals surface area contributed by atoms with Crippen LogP contribution in [0.15, 0.2) is 16.5 Å². The Balaban J connectivity index is 2.41. The molecule has 96 valence electrons. The summed E-state index contributed by atoms with van der Waals surface area (Å²) in [6, 6.07) is 0. The molecule has 0 amide bonds. The van der Waals surface area contributed by atoms with Crippen LogP contribution in [0.3, 0.4) is 0 Å². The van der Waals surface area contributed by atoms with Crippen molar-refractivity contribution in [3.8, 4) is 0 Å². The van der Waals surface area contributed by atoms with Crippen molar-refractivity contribution in [2.75, 3.05) is 12.4 Å². The lowest BCUT2D eigenvalue weighted by Crippen LogP contribution is -2.04. The molecule has 0 atom stereocenters. The van der Waals surface area contributed by atoms with Gasteiger partial charge in [-0.05, 0) is 28.1 Å². The summed E-state index contributed by atoms with van der Waals surface area (Å²) in [5.41, 5.74) is 1.08. The summed E-state index contributed by atoms with van der Waals surface area (Å²) in [5.74, 6) is 1.16. The van der Waals surface area contributed by atoms with Gasteiger partial charge in [-0.3, -0.25) is 0 Å². The maximum atomic E-state index is 4.33. The second-order valence-electron chi connectivity index (χ2n) is 4.03. The molecule has 0 bridgehead atoms. The Hall–Kier alpha value is -1.70. The molecule has 0 saturated heterocycles. The highest BCUT2D eigenvalue weighted by Gasteiger charge is 2.17. The van der Waals surface area contributed by atoms with Gasteiger partial charge in [0.15, 0.2) is 0 Å². The van der Waals surface area contributed by atoms with Crippen LogP contribution < -0.4 is 5.32 Å². The number of nitrogens with zero attached hydrogens (tertiary/aromatic N) is 6. The van der Waals surface area contributed by atoms with Crippen molar-refractivity contribution in [2.24, 2.45) is 7.05 Å². The van der Waals surface area contributed by atoms with Crippen molar-refractivity contribution < 1.29 is 0 Å². The molecule has 0 aliphatic heterocycles. The quantitative estimate of drug-likeness (QED) is 0.835. The first-order valence-electron chi connectivity index (χ1n) is 5.56. The van der Waals surface area contributed by atoms with Crippen LogP contribution in [0.4, 0.5) is 5.82 Å². The topological polar surface area (TPSA) is 81.4 Å². The van der Waals surface area contributed by atoms with Crippen LogP contribution in [-0.2, 0) is 7.05 Å². The highest BCUT2D eigenvalue weighted by atomic mass is 32.2. The van der Waals surface area contributed by atoms with E-state index in [1.54, 1.807) is 18.1 Å². The van der Waals surface area contributed by atoms with Crippen LogP contribution in [0.5, 0.6) is 0 Å². The maximum absolute atomic E-state index is 4.33. The van der Waals surface area contributed by atoms with Gasteiger partial charge in [0, 0.05) is 19.7 Å². The third-order valence-corrected chi connectivity index (χ3v) is 3.48. The Bertz CT molecular complexity index is 537. The summed E-state index contributed by atoms with van der Waals surface area (Å²) in [6.45, 7) is 4.22. The van der Waals surface area contributed by atoms with Crippen LogP contribution in [0.1, 0.15) is 25.3 Å². The fourth-order valence-electron chi connectivity index (χ4n) is 1.57. The minimum Gasteiger partial charge on any atom is -0.373 e. The predicted octanol–water partition coefficient (Wildman–Crippen LogP) is 1.32. The average Bonchev–Trinajstić information content (AvgIpc) is 2.74. The van der Waals surface area contributed by atoms with Gasteiger partial charge in [0.25, 0.3) is 0 Å². The van der Waals surface area contributed by atoms with E-state index in [2.05, 4.69) is 44.7 Å². The van der Waals surface area contributed by atoms with E-state index in [4.69, 9.17) is 0 Å². The molecule has 0 aliphatic carbocycles. The number of hydrogen-bond donors (Lipinski definition) is 1. The molecule has 18 heavy (non-hydrogen) atoms. The number of aryl methyl sites for hydroxylation is 1. The molecule has 2 heterocycles. The van der Waals surface area contributed by atoms with Crippen LogP contribution in [0.25, 0.3) is 0 Å². The number of nitrogens with one attached hydrogen (secondary N) is 1. The lowest BCUT2D eigenvalue weighted by molar-refractivity contribution is 0.663. The number of anilines is 1. The van der Waals surface area contributed by atoms with Crippen molar-refractivity contribution in [1.29, 1.82) is 0 Å². The number of aromatic nitrogens is 6. The SMILES string of the molecule is CNc1ncnc(Sc2nnnn2C)c1C(C)C. The van der Waals surface area contributed by atoms with E-state index < -0.39 is 0 Å². The number of tetrazole rings is 1. The van der Waals surface area contributed by atoms with Crippen molar-refractivity contribution in [1.82, 2.24) is 30.2 Å². The van der Waals surface area contributed by atoms with Crippen LogP contribution in [0, 0.1) is 0 Å². The predicted molar refractivity (Wildman–Crippen MR) is 68.6 cm³/mol. The molecule has 2 aromatic heterocycles. The van der Waals surface area contributed by atoms with Gasteiger partial charge in [-0.2, -0.15) is 0 Å². The van der Waals surface area contributed by atoms with Gasteiger partial charge >= 0.3 is 0 Å². The van der Waals surface area contributed by atoms with Crippen LogP contribution >= 0.6 is 11.8 Å². The van der Waals surface area contributed by atoms with Gasteiger partial charge in [-0.15, -0.1) is 5.10 Å². The minimum atomic E-state index is 0.317.